The molecule has 0 radical (unpaired) electrons. The topological polar surface area (TPSA) is 94.5 Å². The van der Waals surface area contributed by atoms with Gasteiger partial charge in [-0.3, -0.25) is 9.45 Å². The minimum atomic E-state index is -4.88. The Bertz CT molecular complexity index is 1510. The normalized spacial score (nSPS) is 17.2. The highest BCUT2D eigenvalue weighted by molar-refractivity contribution is 7.87. The van der Waals surface area contributed by atoms with Crippen LogP contribution in [-0.2, 0) is 26.2 Å². The lowest BCUT2D eigenvalue weighted by Crippen LogP contribution is -2.40. The van der Waals surface area contributed by atoms with E-state index in [0.29, 0.717) is 47.8 Å². The molecule has 1 unspecified atom stereocenters. The van der Waals surface area contributed by atoms with Crippen molar-refractivity contribution in [1.29, 1.82) is 0 Å². The van der Waals surface area contributed by atoms with Gasteiger partial charge >= 0.3 is 10.1 Å². The van der Waals surface area contributed by atoms with Gasteiger partial charge in [0.05, 0.1) is 14.2 Å². The standard InChI is InChI=1S/C32H37NO7S/c1-37-27-8-6-7-23(21-27)29-15-9-24-22-28(38-2)14-16-30(24)31(29)32(39-3,41(34,35)36)25-10-12-26(13-11-25)40-20-19-33-17-4-5-18-33/h6-8,10-14,16,21-22H,4-5,9,15,17-20H2,1-3H3,(H,34,35,36). The maximum atomic E-state index is 13.5. The molecular formula is C32H37NO7S. The van der Waals surface area contributed by atoms with Crippen LogP contribution in [0.15, 0.2) is 66.7 Å². The van der Waals surface area contributed by atoms with Crippen molar-refractivity contribution in [2.45, 2.75) is 30.6 Å². The third kappa shape index (κ3) is 5.72. The van der Waals surface area contributed by atoms with Crippen LogP contribution < -0.4 is 14.2 Å². The number of nitrogens with zero attached hydrogens (tertiary/aromatic N) is 1. The zero-order valence-electron chi connectivity index (χ0n) is 23.8. The van der Waals surface area contributed by atoms with Crippen molar-refractivity contribution in [1.82, 2.24) is 4.90 Å². The summed E-state index contributed by atoms with van der Waals surface area (Å²) in [5, 5.41) is 0. The van der Waals surface area contributed by atoms with Crippen LogP contribution in [-0.4, -0.2) is 65.4 Å². The average molecular weight is 580 g/mol. The summed E-state index contributed by atoms with van der Waals surface area (Å²) in [7, 11) is -0.388. The van der Waals surface area contributed by atoms with Gasteiger partial charge in [-0.25, -0.2) is 0 Å². The Balaban J connectivity index is 1.64. The molecule has 3 aromatic rings. The van der Waals surface area contributed by atoms with E-state index < -0.39 is 15.1 Å². The zero-order chi connectivity index (χ0) is 29.0. The molecule has 1 fully saturated rings. The molecule has 0 aromatic heterocycles. The van der Waals surface area contributed by atoms with Crippen LogP contribution in [0.3, 0.4) is 0 Å². The van der Waals surface area contributed by atoms with Gasteiger partial charge in [0.1, 0.15) is 23.9 Å². The van der Waals surface area contributed by atoms with Gasteiger partial charge in [0.25, 0.3) is 0 Å². The summed E-state index contributed by atoms with van der Waals surface area (Å²) in [6, 6.07) is 19.7. The van der Waals surface area contributed by atoms with Gasteiger partial charge in [0.2, 0.25) is 4.93 Å². The maximum Gasteiger partial charge on any atom is 0.304 e. The molecule has 2 aliphatic rings. The minimum absolute atomic E-state index is 0.272. The molecule has 8 nitrogen and oxygen atoms in total. The number of hydrogen-bond acceptors (Lipinski definition) is 7. The molecule has 5 rings (SSSR count). The molecule has 9 heteroatoms. The van der Waals surface area contributed by atoms with Crippen LogP contribution in [0.4, 0.5) is 0 Å². The van der Waals surface area contributed by atoms with Crippen LogP contribution in [0, 0.1) is 0 Å². The number of fused-ring (bicyclic) bond motifs is 1. The van der Waals surface area contributed by atoms with Crippen molar-refractivity contribution in [2.24, 2.45) is 0 Å². The Kier molecular flexibility index (Phi) is 8.70. The number of benzene rings is 3. The van der Waals surface area contributed by atoms with E-state index in [-0.39, 0.29) is 5.56 Å². The lowest BCUT2D eigenvalue weighted by Gasteiger charge is -2.37. The van der Waals surface area contributed by atoms with Crippen molar-refractivity contribution in [3.8, 4) is 17.2 Å². The van der Waals surface area contributed by atoms with Gasteiger partial charge in [0.15, 0.2) is 0 Å². The van der Waals surface area contributed by atoms with E-state index in [9.17, 15) is 13.0 Å². The summed E-state index contributed by atoms with van der Waals surface area (Å²) >= 11 is 0. The fourth-order valence-electron chi connectivity index (χ4n) is 5.99. The lowest BCUT2D eigenvalue weighted by molar-refractivity contribution is 0.100. The molecule has 0 saturated carbocycles. The van der Waals surface area contributed by atoms with Crippen molar-refractivity contribution in [3.05, 3.63) is 89.0 Å². The number of ether oxygens (including phenoxy) is 4. The lowest BCUT2D eigenvalue weighted by atomic mass is 9.78. The van der Waals surface area contributed by atoms with E-state index in [4.69, 9.17) is 18.9 Å². The quantitative estimate of drug-likeness (QED) is 0.301. The molecule has 0 bridgehead atoms. The fourth-order valence-corrected chi connectivity index (χ4v) is 7.12. The smallest absolute Gasteiger partial charge is 0.304 e. The summed E-state index contributed by atoms with van der Waals surface area (Å²) in [6.07, 6.45) is 3.60. The number of aryl methyl sites for hydroxylation is 1. The van der Waals surface area contributed by atoms with E-state index in [2.05, 4.69) is 4.90 Å². The number of likely N-dealkylation sites (tertiary alicyclic amines) is 1. The predicted octanol–water partition coefficient (Wildman–Crippen LogP) is 5.42. The van der Waals surface area contributed by atoms with E-state index in [1.807, 2.05) is 36.4 Å². The second-order valence-electron chi connectivity index (χ2n) is 10.3. The predicted molar refractivity (Wildman–Crippen MR) is 159 cm³/mol. The third-order valence-electron chi connectivity index (χ3n) is 8.04. The van der Waals surface area contributed by atoms with Crippen molar-refractivity contribution in [3.63, 3.8) is 0 Å². The second kappa shape index (κ2) is 12.2. The number of hydrogen-bond donors (Lipinski definition) is 1. The first-order valence-electron chi connectivity index (χ1n) is 13.8. The van der Waals surface area contributed by atoms with Crippen LogP contribution in [0.2, 0.25) is 0 Å². The summed E-state index contributed by atoms with van der Waals surface area (Å²) < 4.78 is 60.9. The molecule has 1 N–H and O–H groups in total. The highest BCUT2D eigenvalue weighted by Crippen LogP contribution is 2.52. The Labute approximate surface area is 242 Å². The first kappa shape index (κ1) is 29.1. The highest BCUT2D eigenvalue weighted by Gasteiger charge is 2.52. The third-order valence-corrected chi connectivity index (χ3v) is 9.37. The van der Waals surface area contributed by atoms with E-state index in [1.54, 1.807) is 44.6 Å². The summed E-state index contributed by atoms with van der Waals surface area (Å²) in [5.41, 5.74) is 3.73. The molecule has 41 heavy (non-hydrogen) atoms. The molecule has 1 atom stereocenters. The van der Waals surface area contributed by atoms with Crippen LogP contribution in [0.1, 0.15) is 41.5 Å². The van der Waals surface area contributed by atoms with Gasteiger partial charge in [-0.2, -0.15) is 8.42 Å². The molecule has 1 aliphatic heterocycles. The summed E-state index contributed by atoms with van der Waals surface area (Å²) in [6.45, 7) is 3.55. The molecular weight excluding hydrogens is 542 g/mol. The number of methoxy groups -OCH3 is 3. The van der Waals surface area contributed by atoms with E-state index >= 15 is 0 Å². The van der Waals surface area contributed by atoms with Crippen molar-refractivity contribution >= 4 is 21.3 Å². The van der Waals surface area contributed by atoms with Gasteiger partial charge in [-0.05, 0) is 97.4 Å². The monoisotopic (exact) mass is 579 g/mol. The first-order valence-corrected chi connectivity index (χ1v) is 15.3. The molecule has 0 spiro atoms. The van der Waals surface area contributed by atoms with E-state index in [1.165, 1.54) is 20.0 Å². The van der Waals surface area contributed by atoms with Gasteiger partial charge in [0, 0.05) is 24.8 Å². The summed E-state index contributed by atoms with van der Waals surface area (Å²) in [5.74, 6) is 1.92. The zero-order valence-corrected chi connectivity index (χ0v) is 24.6. The average Bonchev–Trinajstić information content (AvgIpc) is 3.51. The van der Waals surface area contributed by atoms with Gasteiger partial charge in [-0.15, -0.1) is 0 Å². The van der Waals surface area contributed by atoms with E-state index in [0.717, 1.165) is 36.3 Å². The SMILES string of the molecule is COc1cccc(C2=C(C(OC)(c3ccc(OCCN4CCCC4)cc3)S(=O)(=O)O)c3ccc(OC)cc3CC2)c1. The molecule has 1 heterocycles. The van der Waals surface area contributed by atoms with Crippen LogP contribution >= 0.6 is 0 Å². The largest absolute Gasteiger partial charge is 0.497 e. The summed E-state index contributed by atoms with van der Waals surface area (Å²) in [4.78, 5) is 0.161. The molecule has 0 amide bonds. The first-order chi connectivity index (χ1) is 19.8. The highest BCUT2D eigenvalue weighted by atomic mass is 32.2. The minimum Gasteiger partial charge on any atom is -0.497 e. The molecule has 1 saturated heterocycles. The maximum absolute atomic E-state index is 13.5. The Morgan fingerprint density at radius 2 is 1.54 bits per heavy atom. The Morgan fingerprint density at radius 3 is 2.20 bits per heavy atom. The molecule has 218 valence electrons. The number of allylic oxidation sites excluding steroid dienone is 1. The Morgan fingerprint density at radius 1 is 0.854 bits per heavy atom. The Hall–Kier alpha value is -3.37. The number of rotatable bonds is 11. The molecule has 1 aliphatic carbocycles. The molecule has 3 aromatic carbocycles. The second-order valence-corrected chi connectivity index (χ2v) is 11.9. The van der Waals surface area contributed by atoms with Crippen molar-refractivity contribution in [2.75, 3.05) is 47.6 Å². The fraction of sp³-hybridized carbons (Fsp3) is 0.375. The van der Waals surface area contributed by atoms with Gasteiger partial charge < -0.3 is 18.9 Å². The van der Waals surface area contributed by atoms with Crippen LogP contribution in [0.25, 0.3) is 11.1 Å². The van der Waals surface area contributed by atoms with Crippen molar-refractivity contribution < 1.29 is 31.9 Å². The van der Waals surface area contributed by atoms with Gasteiger partial charge in [-0.1, -0.05) is 30.3 Å². The van der Waals surface area contributed by atoms with Crippen LogP contribution in [0.5, 0.6) is 17.2 Å².